The number of alkyl halides is 3. The van der Waals surface area contributed by atoms with E-state index < -0.39 is 12.7 Å². The lowest BCUT2D eigenvalue weighted by Crippen LogP contribution is -2.49. The van der Waals surface area contributed by atoms with Crippen LogP contribution in [-0.4, -0.2) is 55.3 Å². The third-order valence-electron chi connectivity index (χ3n) is 3.46. The van der Waals surface area contributed by atoms with E-state index in [2.05, 4.69) is 22.1 Å². The number of hydrogen-bond acceptors (Lipinski definition) is 5. The fourth-order valence-electron chi connectivity index (χ4n) is 2.30. The fraction of sp³-hybridized carbons (Fsp3) is 0.769. The monoisotopic (exact) mass is 322 g/mol. The standard InChI is InChI=1S/C13H21F3N4S/c1-3-17-8-11-10(2)18-12(21-11)20-6-4-19(5-7-20)9-13(14,15)16/h17H,3-9H2,1-2H3. The topological polar surface area (TPSA) is 31.4 Å². The lowest BCUT2D eigenvalue weighted by atomic mass is 10.3. The summed E-state index contributed by atoms with van der Waals surface area (Å²) in [6.45, 7) is 6.98. The van der Waals surface area contributed by atoms with Gasteiger partial charge < -0.3 is 10.2 Å². The van der Waals surface area contributed by atoms with Gasteiger partial charge in [-0.15, -0.1) is 11.3 Å². The van der Waals surface area contributed by atoms with Crippen LogP contribution in [-0.2, 0) is 6.54 Å². The Balaban J connectivity index is 1.90. The normalized spacial score (nSPS) is 17.5. The molecule has 1 aliphatic heterocycles. The molecule has 1 aliphatic rings. The first kappa shape index (κ1) is 16.5. The second-order valence-corrected chi connectivity index (χ2v) is 6.23. The number of anilines is 1. The second kappa shape index (κ2) is 6.93. The lowest BCUT2D eigenvalue weighted by molar-refractivity contribution is -0.146. The molecule has 0 bridgehead atoms. The molecule has 0 radical (unpaired) electrons. The highest BCUT2D eigenvalue weighted by Gasteiger charge is 2.32. The first-order valence-electron chi connectivity index (χ1n) is 7.10. The number of hydrogen-bond donors (Lipinski definition) is 1. The molecular formula is C13H21F3N4S. The molecular weight excluding hydrogens is 301 g/mol. The highest BCUT2D eigenvalue weighted by molar-refractivity contribution is 7.15. The van der Waals surface area contributed by atoms with Crippen LogP contribution >= 0.6 is 11.3 Å². The second-order valence-electron chi connectivity index (χ2n) is 5.16. The molecule has 0 aliphatic carbocycles. The fourth-order valence-corrected chi connectivity index (χ4v) is 3.38. The van der Waals surface area contributed by atoms with Crippen molar-refractivity contribution in [2.45, 2.75) is 26.6 Å². The summed E-state index contributed by atoms with van der Waals surface area (Å²) in [5, 5.41) is 4.20. The summed E-state index contributed by atoms with van der Waals surface area (Å²) >= 11 is 1.63. The molecule has 4 nitrogen and oxygen atoms in total. The van der Waals surface area contributed by atoms with Gasteiger partial charge in [0.1, 0.15) is 0 Å². The summed E-state index contributed by atoms with van der Waals surface area (Å²) in [5.41, 5.74) is 1.01. The predicted octanol–water partition coefficient (Wildman–Crippen LogP) is 2.25. The van der Waals surface area contributed by atoms with E-state index in [1.54, 1.807) is 11.3 Å². The van der Waals surface area contributed by atoms with Crippen LogP contribution in [0.15, 0.2) is 0 Å². The van der Waals surface area contributed by atoms with Gasteiger partial charge in [-0.1, -0.05) is 6.92 Å². The van der Waals surface area contributed by atoms with Crippen LogP contribution in [0.25, 0.3) is 0 Å². The summed E-state index contributed by atoms with van der Waals surface area (Å²) in [4.78, 5) is 9.29. The number of thiazole rings is 1. The van der Waals surface area contributed by atoms with Gasteiger partial charge in [0, 0.05) is 37.6 Å². The first-order chi connectivity index (χ1) is 9.89. The molecule has 1 saturated heterocycles. The summed E-state index contributed by atoms with van der Waals surface area (Å²) < 4.78 is 37.1. The Morgan fingerprint density at radius 2 is 1.90 bits per heavy atom. The van der Waals surface area contributed by atoms with Crippen molar-refractivity contribution in [2.24, 2.45) is 0 Å². The van der Waals surface area contributed by atoms with Crippen LogP contribution in [0.1, 0.15) is 17.5 Å². The SMILES string of the molecule is CCNCc1sc(N2CCN(CC(F)(F)F)CC2)nc1C. The Labute approximate surface area is 127 Å². The third kappa shape index (κ3) is 4.82. The van der Waals surface area contributed by atoms with Crippen molar-refractivity contribution in [1.82, 2.24) is 15.2 Å². The number of piperazine rings is 1. The predicted molar refractivity (Wildman–Crippen MR) is 78.9 cm³/mol. The molecule has 120 valence electrons. The first-order valence-corrected chi connectivity index (χ1v) is 7.91. The van der Waals surface area contributed by atoms with Crippen molar-refractivity contribution in [3.63, 3.8) is 0 Å². The zero-order valence-corrected chi connectivity index (χ0v) is 13.2. The molecule has 1 N–H and O–H groups in total. The van der Waals surface area contributed by atoms with Gasteiger partial charge in [0.25, 0.3) is 0 Å². The largest absolute Gasteiger partial charge is 0.401 e. The molecule has 2 rings (SSSR count). The molecule has 2 heterocycles. The van der Waals surface area contributed by atoms with Crippen molar-refractivity contribution < 1.29 is 13.2 Å². The Morgan fingerprint density at radius 1 is 1.24 bits per heavy atom. The molecule has 8 heteroatoms. The molecule has 1 aromatic heterocycles. The molecule has 0 unspecified atom stereocenters. The zero-order valence-electron chi connectivity index (χ0n) is 12.3. The maximum Gasteiger partial charge on any atom is 0.401 e. The number of aromatic nitrogens is 1. The van der Waals surface area contributed by atoms with E-state index in [1.807, 2.05) is 6.92 Å². The van der Waals surface area contributed by atoms with E-state index in [9.17, 15) is 13.2 Å². The quantitative estimate of drug-likeness (QED) is 0.901. The molecule has 0 aromatic carbocycles. The highest BCUT2D eigenvalue weighted by Crippen LogP contribution is 2.27. The van der Waals surface area contributed by atoms with Crippen LogP contribution in [0.3, 0.4) is 0 Å². The van der Waals surface area contributed by atoms with E-state index in [0.29, 0.717) is 26.2 Å². The van der Waals surface area contributed by atoms with Gasteiger partial charge in [-0.05, 0) is 13.5 Å². The van der Waals surface area contributed by atoms with Gasteiger partial charge in [-0.2, -0.15) is 13.2 Å². The van der Waals surface area contributed by atoms with Crippen LogP contribution < -0.4 is 10.2 Å². The smallest absolute Gasteiger partial charge is 0.346 e. The Bertz CT molecular complexity index is 453. The summed E-state index contributed by atoms with van der Waals surface area (Å²) in [6.07, 6.45) is -4.11. The minimum absolute atomic E-state index is 0.431. The minimum atomic E-state index is -4.11. The zero-order chi connectivity index (χ0) is 15.5. The maximum absolute atomic E-state index is 12.4. The van der Waals surface area contributed by atoms with Crippen molar-refractivity contribution in [3.05, 3.63) is 10.6 Å². The highest BCUT2D eigenvalue weighted by atomic mass is 32.1. The molecule has 0 spiro atoms. The molecule has 1 aromatic rings. The van der Waals surface area contributed by atoms with Crippen molar-refractivity contribution in [2.75, 3.05) is 44.2 Å². The average molecular weight is 322 g/mol. The number of aryl methyl sites for hydroxylation is 1. The van der Waals surface area contributed by atoms with E-state index in [0.717, 1.165) is 23.9 Å². The summed E-state index contributed by atoms with van der Waals surface area (Å²) in [6, 6.07) is 0. The maximum atomic E-state index is 12.4. The van der Waals surface area contributed by atoms with E-state index in [4.69, 9.17) is 0 Å². The van der Waals surface area contributed by atoms with Crippen LogP contribution in [0.5, 0.6) is 0 Å². The number of halogens is 3. The van der Waals surface area contributed by atoms with Crippen molar-refractivity contribution >= 4 is 16.5 Å². The minimum Gasteiger partial charge on any atom is -0.346 e. The van der Waals surface area contributed by atoms with Gasteiger partial charge in [-0.3, -0.25) is 4.90 Å². The average Bonchev–Trinajstić information content (AvgIpc) is 2.77. The molecule has 1 fully saturated rings. The molecule has 0 amide bonds. The van der Waals surface area contributed by atoms with Gasteiger partial charge in [-0.25, -0.2) is 4.98 Å². The number of nitrogens with one attached hydrogen (secondary N) is 1. The Morgan fingerprint density at radius 3 is 2.48 bits per heavy atom. The van der Waals surface area contributed by atoms with Gasteiger partial charge in [0.2, 0.25) is 0 Å². The Hall–Kier alpha value is -0.860. The molecule has 0 atom stereocenters. The van der Waals surface area contributed by atoms with Crippen LogP contribution in [0.4, 0.5) is 18.3 Å². The third-order valence-corrected chi connectivity index (χ3v) is 4.68. The molecule has 0 saturated carbocycles. The number of nitrogens with zero attached hydrogens (tertiary/aromatic N) is 3. The van der Waals surface area contributed by atoms with E-state index >= 15 is 0 Å². The van der Waals surface area contributed by atoms with Gasteiger partial charge >= 0.3 is 6.18 Å². The Kier molecular flexibility index (Phi) is 5.45. The van der Waals surface area contributed by atoms with Crippen molar-refractivity contribution in [3.8, 4) is 0 Å². The van der Waals surface area contributed by atoms with Gasteiger partial charge in [0.15, 0.2) is 5.13 Å². The van der Waals surface area contributed by atoms with Crippen molar-refractivity contribution in [1.29, 1.82) is 0 Å². The van der Waals surface area contributed by atoms with E-state index in [1.165, 1.54) is 9.78 Å². The number of rotatable bonds is 5. The van der Waals surface area contributed by atoms with Crippen LogP contribution in [0.2, 0.25) is 0 Å². The molecule has 21 heavy (non-hydrogen) atoms. The lowest BCUT2D eigenvalue weighted by Gasteiger charge is -2.34. The van der Waals surface area contributed by atoms with Gasteiger partial charge in [0.05, 0.1) is 12.2 Å². The summed E-state index contributed by atoms with van der Waals surface area (Å²) in [5.74, 6) is 0. The van der Waals surface area contributed by atoms with E-state index in [-0.39, 0.29) is 0 Å². The van der Waals surface area contributed by atoms with Crippen LogP contribution in [0, 0.1) is 6.92 Å². The summed E-state index contributed by atoms with van der Waals surface area (Å²) in [7, 11) is 0.